The minimum absolute atomic E-state index is 0.255. The molecule has 0 atom stereocenters. The molecule has 0 aliphatic rings. The smallest absolute Gasteiger partial charge is 0.128 e. The summed E-state index contributed by atoms with van der Waals surface area (Å²) < 4.78 is 6.17. The third-order valence-corrected chi connectivity index (χ3v) is 5.36. The Balaban J connectivity index is 1.77. The first-order valence-corrected chi connectivity index (χ1v) is 10.3. The summed E-state index contributed by atoms with van der Waals surface area (Å²) in [6.45, 7) is 4.29. The van der Waals surface area contributed by atoms with Crippen LogP contribution in [0.4, 0.5) is 0 Å². The lowest BCUT2D eigenvalue weighted by Gasteiger charge is -2.13. The van der Waals surface area contributed by atoms with Crippen molar-refractivity contribution in [1.82, 2.24) is 0 Å². The Labute approximate surface area is 171 Å². The van der Waals surface area contributed by atoms with Crippen molar-refractivity contribution in [2.45, 2.75) is 39.5 Å². The highest BCUT2D eigenvalue weighted by Gasteiger charge is 2.11. The van der Waals surface area contributed by atoms with Crippen LogP contribution in [0.1, 0.15) is 37.8 Å². The predicted octanol–water partition coefficient (Wildman–Crippen LogP) is 7.10. The van der Waals surface area contributed by atoms with E-state index in [1.165, 1.54) is 5.56 Å². The molecule has 148 valence electrons. The Kier molecular flexibility index (Phi) is 5.30. The van der Waals surface area contributed by atoms with Gasteiger partial charge in [-0.3, -0.25) is 0 Å². The summed E-state index contributed by atoms with van der Waals surface area (Å²) in [7, 11) is 0. The van der Waals surface area contributed by atoms with E-state index in [-0.39, 0.29) is 11.5 Å². The van der Waals surface area contributed by atoms with Gasteiger partial charge in [0.15, 0.2) is 0 Å². The number of ether oxygens (including phenoxy) is 1. The molecule has 0 heterocycles. The molecule has 3 nitrogen and oxygen atoms in total. The normalized spacial score (nSPS) is 11.2. The number of rotatable bonds is 6. The van der Waals surface area contributed by atoms with Crippen molar-refractivity contribution in [1.29, 1.82) is 0 Å². The fourth-order valence-corrected chi connectivity index (χ4v) is 4.01. The lowest BCUT2D eigenvalue weighted by atomic mass is 9.99. The van der Waals surface area contributed by atoms with Gasteiger partial charge in [0, 0.05) is 10.8 Å². The average Bonchev–Trinajstić information content (AvgIpc) is 2.71. The lowest BCUT2D eigenvalue weighted by molar-refractivity contribution is 0.474. The van der Waals surface area contributed by atoms with Crippen LogP contribution in [0.5, 0.6) is 23.0 Å². The molecule has 0 aliphatic carbocycles. The summed E-state index contributed by atoms with van der Waals surface area (Å²) in [6, 6.07) is 19.1. The third-order valence-electron chi connectivity index (χ3n) is 5.36. The SMILES string of the molecule is CCCc1ccc(O)c2cc(Oc3cc(CCC)c4cccc(O)c4c3)ccc12. The average molecular weight is 386 g/mol. The highest BCUT2D eigenvalue weighted by Crippen LogP contribution is 2.36. The molecule has 4 aromatic rings. The van der Waals surface area contributed by atoms with E-state index >= 15 is 0 Å². The Hall–Kier alpha value is -3.20. The number of phenols is 2. The second-order valence-corrected chi connectivity index (χ2v) is 7.51. The van der Waals surface area contributed by atoms with Crippen molar-refractivity contribution in [3.8, 4) is 23.0 Å². The third kappa shape index (κ3) is 3.73. The van der Waals surface area contributed by atoms with Crippen molar-refractivity contribution in [3.05, 3.63) is 71.8 Å². The zero-order chi connectivity index (χ0) is 20.4. The molecule has 0 amide bonds. The fourth-order valence-electron chi connectivity index (χ4n) is 4.01. The van der Waals surface area contributed by atoms with Gasteiger partial charge in [-0.1, -0.05) is 51.0 Å². The van der Waals surface area contributed by atoms with Crippen LogP contribution in [-0.2, 0) is 12.8 Å². The zero-order valence-electron chi connectivity index (χ0n) is 16.9. The molecule has 3 heteroatoms. The van der Waals surface area contributed by atoms with Gasteiger partial charge in [-0.2, -0.15) is 0 Å². The number of phenolic OH excluding ortho intramolecular Hbond substituents is 2. The number of hydrogen-bond acceptors (Lipinski definition) is 3. The summed E-state index contributed by atoms with van der Waals surface area (Å²) in [4.78, 5) is 0. The highest BCUT2D eigenvalue weighted by molar-refractivity contribution is 5.93. The highest BCUT2D eigenvalue weighted by atomic mass is 16.5. The number of aryl methyl sites for hydroxylation is 2. The van der Waals surface area contributed by atoms with Gasteiger partial charge in [0.1, 0.15) is 23.0 Å². The maximum absolute atomic E-state index is 10.4. The Morgan fingerprint density at radius 1 is 0.621 bits per heavy atom. The summed E-state index contributed by atoms with van der Waals surface area (Å²) in [5, 5.41) is 24.4. The summed E-state index contributed by atoms with van der Waals surface area (Å²) in [5.74, 6) is 1.86. The first-order valence-electron chi connectivity index (χ1n) is 10.3. The number of aromatic hydroxyl groups is 2. The van der Waals surface area contributed by atoms with Gasteiger partial charge in [-0.15, -0.1) is 0 Å². The van der Waals surface area contributed by atoms with Crippen LogP contribution in [0, 0.1) is 0 Å². The van der Waals surface area contributed by atoms with E-state index in [0.717, 1.165) is 52.8 Å². The Bertz CT molecular complexity index is 1180. The summed E-state index contributed by atoms with van der Waals surface area (Å²) in [5.41, 5.74) is 2.39. The molecule has 0 spiro atoms. The van der Waals surface area contributed by atoms with Crippen molar-refractivity contribution in [2.75, 3.05) is 0 Å². The van der Waals surface area contributed by atoms with Crippen molar-refractivity contribution in [3.63, 3.8) is 0 Å². The maximum Gasteiger partial charge on any atom is 0.128 e. The molecule has 4 rings (SSSR count). The second kappa shape index (κ2) is 8.04. The van der Waals surface area contributed by atoms with Crippen molar-refractivity contribution in [2.24, 2.45) is 0 Å². The van der Waals surface area contributed by atoms with Gasteiger partial charge < -0.3 is 14.9 Å². The van der Waals surface area contributed by atoms with Gasteiger partial charge in [-0.25, -0.2) is 0 Å². The van der Waals surface area contributed by atoms with E-state index in [0.29, 0.717) is 11.5 Å². The van der Waals surface area contributed by atoms with Crippen molar-refractivity contribution < 1.29 is 14.9 Å². The predicted molar refractivity (Wildman–Crippen MR) is 119 cm³/mol. The lowest BCUT2D eigenvalue weighted by Crippen LogP contribution is -1.92. The van der Waals surface area contributed by atoms with Gasteiger partial charge in [0.2, 0.25) is 0 Å². The molecule has 0 unspecified atom stereocenters. The van der Waals surface area contributed by atoms with Gasteiger partial charge in [-0.05, 0) is 71.1 Å². The molecule has 0 saturated carbocycles. The minimum Gasteiger partial charge on any atom is -0.507 e. The van der Waals surface area contributed by atoms with Crippen LogP contribution in [0.25, 0.3) is 21.5 Å². The number of benzene rings is 4. The van der Waals surface area contributed by atoms with Gasteiger partial charge in [0.05, 0.1) is 0 Å². The molecule has 0 radical (unpaired) electrons. The topological polar surface area (TPSA) is 49.7 Å². The summed E-state index contributed by atoms with van der Waals surface area (Å²) in [6.07, 6.45) is 3.95. The molecule has 0 aromatic heterocycles. The molecular weight excluding hydrogens is 360 g/mol. The quantitative estimate of drug-likeness (QED) is 0.371. The summed E-state index contributed by atoms with van der Waals surface area (Å²) >= 11 is 0. The maximum atomic E-state index is 10.4. The first kappa shape index (κ1) is 19.1. The van der Waals surface area contributed by atoms with Crippen LogP contribution in [0.2, 0.25) is 0 Å². The largest absolute Gasteiger partial charge is 0.507 e. The van der Waals surface area contributed by atoms with Crippen LogP contribution in [-0.4, -0.2) is 10.2 Å². The molecule has 4 aromatic carbocycles. The standard InChI is InChI=1S/C26H26O3/c1-3-6-17-10-13-26(28)23-15-19(11-12-22(17)23)29-20-14-18(7-4-2)21-8-5-9-25(27)24(21)16-20/h5,8-16,27-28H,3-4,6-7H2,1-2H3. The monoisotopic (exact) mass is 386 g/mol. The molecule has 29 heavy (non-hydrogen) atoms. The zero-order valence-corrected chi connectivity index (χ0v) is 16.9. The van der Waals surface area contributed by atoms with Crippen LogP contribution in [0.15, 0.2) is 60.7 Å². The molecular formula is C26H26O3. The molecule has 0 fully saturated rings. The number of fused-ring (bicyclic) bond motifs is 2. The van der Waals surface area contributed by atoms with Gasteiger partial charge in [0.25, 0.3) is 0 Å². The van der Waals surface area contributed by atoms with Crippen molar-refractivity contribution >= 4 is 21.5 Å². The molecule has 0 aliphatic heterocycles. The van der Waals surface area contributed by atoms with Crippen LogP contribution >= 0.6 is 0 Å². The second-order valence-electron chi connectivity index (χ2n) is 7.51. The van der Waals surface area contributed by atoms with Crippen LogP contribution in [0.3, 0.4) is 0 Å². The van der Waals surface area contributed by atoms with E-state index in [4.69, 9.17) is 4.74 Å². The fraction of sp³-hybridized carbons (Fsp3) is 0.231. The van der Waals surface area contributed by atoms with E-state index in [1.54, 1.807) is 12.1 Å². The van der Waals surface area contributed by atoms with Crippen LogP contribution < -0.4 is 4.74 Å². The van der Waals surface area contributed by atoms with E-state index in [9.17, 15) is 10.2 Å². The molecule has 0 bridgehead atoms. The van der Waals surface area contributed by atoms with E-state index in [1.807, 2.05) is 48.5 Å². The van der Waals surface area contributed by atoms with E-state index < -0.39 is 0 Å². The minimum atomic E-state index is 0.255. The Morgan fingerprint density at radius 2 is 1.28 bits per heavy atom. The molecule has 0 saturated heterocycles. The van der Waals surface area contributed by atoms with Gasteiger partial charge >= 0.3 is 0 Å². The number of hydrogen-bond donors (Lipinski definition) is 2. The molecule has 2 N–H and O–H groups in total. The van der Waals surface area contributed by atoms with E-state index in [2.05, 4.69) is 13.8 Å². The first-order chi connectivity index (χ1) is 14.1. The Morgan fingerprint density at radius 3 is 2.03 bits per heavy atom.